The molecule has 0 spiro atoms. The van der Waals surface area contributed by atoms with Crippen molar-refractivity contribution in [3.63, 3.8) is 0 Å². The molecule has 0 bridgehead atoms. The number of carbonyl (C=O) groups excluding carboxylic acids is 1. The molecular formula is C16H22N2O. The SMILES string of the molecule is N[C@@H]1C[C@H](C2CCCCC2)c2ccccc2NC1=O. The second kappa shape index (κ2) is 5.33. The first-order chi connectivity index (χ1) is 9.25. The van der Waals surface area contributed by atoms with Crippen LogP contribution in [0.25, 0.3) is 0 Å². The Hall–Kier alpha value is -1.35. The summed E-state index contributed by atoms with van der Waals surface area (Å²) in [5.74, 6) is 1.09. The third kappa shape index (κ3) is 2.52. The zero-order valence-corrected chi connectivity index (χ0v) is 11.3. The maximum absolute atomic E-state index is 12.0. The van der Waals surface area contributed by atoms with E-state index in [9.17, 15) is 4.79 Å². The highest BCUT2D eigenvalue weighted by molar-refractivity contribution is 5.96. The zero-order chi connectivity index (χ0) is 13.2. The van der Waals surface area contributed by atoms with Crippen LogP contribution in [0.15, 0.2) is 24.3 Å². The van der Waals surface area contributed by atoms with Gasteiger partial charge in [0.25, 0.3) is 0 Å². The standard InChI is InChI=1S/C16H22N2O/c17-14-10-13(11-6-2-1-3-7-11)12-8-4-5-9-15(12)18-16(14)19/h4-5,8-9,11,13-14H,1-3,6-7,10,17H2,(H,18,19)/t13-,14-/m1/s1. The highest BCUT2D eigenvalue weighted by atomic mass is 16.2. The number of para-hydroxylation sites is 1. The van der Waals surface area contributed by atoms with E-state index >= 15 is 0 Å². The number of carbonyl (C=O) groups is 1. The maximum atomic E-state index is 12.0. The van der Waals surface area contributed by atoms with E-state index in [4.69, 9.17) is 5.73 Å². The molecule has 1 heterocycles. The first kappa shape index (κ1) is 12.7. The molecule has 3 N–H and O–H groups in total. The number of benzene rings is 1. The van der Waals surface area contributed by atoms with E-state index in [1.165, 1.54) is 37.7 Å². The largest absolute Gasteiger partial charge is 0.324 e. The van der Waals surface area contributed by atoms with Crippen LogP contribution in [0.2, 0.25) is 0 Å². The van der Waals surface area contributed by atoms with Crippen molar-refractivity contribution in [2.24, 2.45) is 11.7 Å². The Labute approximate surface area is 114 Å². The average Bonchev–Trinajstić information content (AvgIpc) is 2.58. The van der Waals surface area contributed by atoms with E-state index in [2.05, 4.69) is 17.4 Å². The Balaban J connectivity index is 1.95. The van der Waals surface area contributed by atoms with Gasteiger partial charge in [0.05, 0.1) is 6.04 Å². The number of nitrogens with one attached hydrogen (secondary N) is 1. The molecule has 1 fully saturated rings. The van der Waals surface area contributed by atoms with E-state index < -0.39 is 0 Å². The second-order valence-corrected chi connectivity index (χ2v) is 5.92. The van der Waals surface area contributed by atoms with Crippen LogP contribution < -0.4 is 11.1 Å². The van der Waals surface area contributed by atoms with E-state index in [-0.39, 0.29) is 11.9 Å². The van der Waals surface area contributed by atoms with Crippen molar-refractivity contribution in [2.75, 3.05) is 5.32 Å². The summed E-state index contributed by atoms with van der Waals surface area (Å²) in [7, 11) is 0. The summed E-state index contributed by atoms with van der Waals surface area (Å²) in [6.07, 6.45) is 7.33. The second-order valence-electron chi connectivity index (χ2n) is 5.92. The molecule has 3 rings (SSSR count). The van der Waals surface area contributed by atoms with Crippen LogP contribution >= 0.6 is 0 Å². The van der Waals surface area contributed by atoms with Crippen LogP contribution in [0, 0.1) is 5.92 Å². The minimum absolute atomic E-state index is 0.0363. The van der Waals surface area contributed by atoms with Crippen LogP contribution in [-0.2, 0) is 4.79 Å². The molecule has 1 amide bonds. The molecule has 3 nitrogen and oxygen atoms in total. The highest BCUT2D eigenvalue weighted by Gasteiger charge is 2.32. The fourth-order valence-electron chi connectivity index (χ4n) is 3.65. The number of rotatable bonds is 1. The van der Waals surface area contributed by atoms with Crippen LogP contribution in [0.1, 0.15) is 50.0 Å². The molecule has 1 aliphatic carbocycles. The summed E-state index contributed by atoms with van der Waals surface area (Å²) >= 11 is 0. The molecule has 0 aromatic heterocycles. The summed E-state index contributed by atoms with van der Waals surface area (Å²) in [5, 5.41) is 2.98. The van der Waals surface area contributed by atoms with Gasteiger partial charge in [-0.25, -0.2) is 0 Å². The number of fused-ring (bicyclic) bond motifs is 1. The number of amides is 1. The average molecular weight is 258 g/mol. The summed E-state index contributed by atoms with van der Waals surface area (Å²) < 4.78 is 0. The maximum Gasteiger partial charge on any atom is 0.241 e. The van der Waals surface area contributed by atoms with E-state index in [0.29, 0.717) is 11.8 Å². The van der Waals surface area contributed by atoms with Crippen LogP contribution in [0.5, 0.6) is 0 Å². The lowest BCUT2D eigenvalue weighted by molar-refractivity contribution is -0.117. The van der Waals surface area contributed by atoms with Gasteiger partial charge in [0.2, 0.25) is 5.91 Å². The lowest BCUT2D eigenvalue weighted by Gasteiger charge is -2.31. The van der Waals surface area contributed by atoms with Gasteiger partial charge in [-0.05, 0) is 42.7 Å². The Kier molecular flexibility index (Phi) is 3.56. The molecule has 2 atom stereocenters. The summed E-state index contributed by atoms with van der Waals surface area (Å²) in [6, 6.07) is 7.83. The number of nitrogens with two attached hydrogens (primary N) is 1. The Morgan fingerprint density at radius 2 is 1.84 bits per heavy atom. The molecule has 19 heavy (non-hydrogen) atoms. The van der Waals surface area contributed by atoms with Gasteiger partial charge in [-0.2, -0.15) is 0 Å². The lowest BCUT2D eigenvalue weighted by atomic mass is 9.74. The third-order valence-electron chi connectivity index (χ3n) is 4.68. The summed E-state index contributed by atoms with van der Waals surface area (Å²) in [4.78, 5) is 12.0. The van der Waals surface area contributed by atoms with Crippen molar-refractivity contribution < 1.29 is 4.79 Å². The van der Waals surface area contributed by atoms with Gasteiger partial charge < -0.3 is 11.1 Å². The quantitative estimate of drug-likeness (QED) is 0.813. The monoisotopic (exact) mass is 258 g/mol. The minimum Gasteiger partial charge on any atom is -0.324 e. The van der Waals surface area contributed by atoms with Crippen molar-refractivity contribution in [2.45, 2.75) is 50.5 Å². The van der Waals surface area contributed by atoms with Gasteiger partial charge >= 0.3 is 0 Å². The smallest absolute Gasteiger partial charge is 0.241 e. The fourth-order valence-corrected chi connectivity index (χ4v) is 3.65. The van der Waals surface area contributed by atoms with E-state index in [1.54, 1.807) is 0 Å². The Bertz CT molecular complexity index is 466. The molecular weight excluding hydrogens is 236 g/mol. The minimum atomic E-state index is -0.376. The Morgan fingerprint density at radius 1 is 1.11 bits per heavy atom. The molecule has 2 aliphatic rings. The number of hydrogen-bond acceptors (Lipinski definition) is 2. The van der Waals surface area contributed by atoms with Gasteiger partial charge in [0.15, 0.2) is 0 Å². The lowest BCUT2D eigenvalue weighted by Crippen LogP contribution is -2.35. The molecule has 0 radical (unpaired) electrons. The topological polar surface area (TPSA) is 55.1 Å². The van der Waals surface area contributed by atoms with Crippen molar-refractivity contribution in [1.29, 1.82) is 0 Å². The third-order valence-corrected chi connectivity index (χ3v) is 4.68. The van der Waals surface area contributed by atoms with Crippen molar-refractivity contribution in [3.05, 3.63) is 29.8 Å². The van der Waals surface area contributed by atoms with Gasteiger partial charge in [0, 0.05) is 5.69 Å². The fraction of sp³-hybridized carbons (Fsp3) is 0.562. The van der Waals surface area contributed by atoms with Crippen molar-refractivity contribution in [1.82, 2.24) is 0 Å². The highest BCUT2D eigenvalue weighted by Crippen LogP contribution is 2.42. The predicted molar refractivity (Wildman–Crippen MR) is 77.0 cm³/mol. The van der Waals surface area contributed by atoms with Gasteiger partial charge in [-0.15, -0.1) is 0 Å². The van der Waals surface area contributed by atoms with Crippen molar-refractivity contribution in [3.8, 4) is 0 Å². The van der Waals surface area contributed by atoms with Crippen LogP contribution in [0.4, 0.5) is 5.69 Å². The van der Waals surface area contributed by atoms with Gasteiger partial charge in [0.1, 0.15) is 0 Å². The normalized spacial score (nSPS) is 28.4. The molecule has 0 saturated heterocycles. The molecule has 0 unspecified atom stereocenters. The first-order valence-corrected chi connectivity index (χ1v) is 7.41. The summed E-state index contributed by atoms with van der Waals surface area (Å²) in [6.45, 7) is 0. The molecule has 1 aliphatic heterocycles. The molecule has 1 aromatic rings. The Morgan fingerprint density at radius 3 is 2.63 bits per heavy atom. The van der Waals surface area contributed by atoms with Crippen LogP contribution in [0.3, 0.4) is 0 Å². The van der Waals surface area contributed by atoms with Crippen LogP contribution in [-0.4, -0.2) is 11.9 Å². The molecule has 1 saturated carbocycles. The number of hydrogen-bond donors (Lipinski definition) is 2. The van der Waals surface area contributed by atoms with E-state index in [1.807, 2.05) is 12.1 Å². The van der Waals surface area contributed by atoms with Crippen molar-refractivity contribution >= 4 is 11.6 Å². The molecule has 3 heteroatoms. The van der Waals surface area contributed by atoms with Gasteiger partial charge in [-0.1, -0.05) is 37.5 Å². The first-order valence-electron chi connectivity index (χ1n) is 7.41. The summed E-state index contributed by atoms with van der Waals surface area (Å²) in [5.41, 5.74) is 8.30. The molecule has 102 valence electrons. The number of anilines is 1. The zero-order valence-electron chi connectivity index (χ0n) is 11.3. The van der Waals surface area contributed by atoms with Gasteiger partial charge in [-0.3, -0.25) is 4.79 Å². The predicted octanol–water partition coefficient (Wildman–Crippen LogP) is 3.02. The van der Waals surface area contributed by atoms with E-state index in [0.717, 1.165) is 12.1 Å². The molecule has 1 aromatic carbocycles.